The largest absolute Gasteiger partial charge is 0.348 e. The minimum absolute atomic E-state index is 0.0393. The summed E-state index contributed by atoms with van der Waals surface area (Å²) in [5.74, 6) is 0.103. The normalized spacial score (nSPS) is 18.1. The monoisotopic (exact) mass is 416 g/mol. The van der Waals surface area contributed by atoms with Gasteiger partial charge in [0.1, 0.15) is 0 Å². The van der Waals surface area contributed by atoms with Crippen LogP contribution < -0.4 is 5.32 Å². The molecule has 1 unspecified atom stereocenters. The summed E-state index contributed by atoms with van der Waals surface area (Å²) >= 11 is 0. The molecule has 1 atom stereocenters. The van der Waals surface area contributed by atoms with Gasteiger partial charge in [-0.2, -0.15) is 5.26 Å². The number of hydrogen-bond acceptors (Lipinski definition) is 4. The Morgan fingerprint density at radius 2 is 1.68 bits per heavy atom. The van der Waals surface area contributed by atoms with Crippen molar-refractivity contribution in [2.45, 2.75) is 45.2 Å². The van der Waals surface area contributed by atoms with Gasteiger partial charge in [-0.3, -0.25) is 14.6 Å². The van der Waals surface area contributed by atoms with E-state index >= 15 is 0 Å². The maximum Gasteiger partial charge on any atom is 0.234 e. The molecule has 1 heterocycles. The maximum atomic E-state index is 12.6. The fourth-order valence-corrected chi connectivity index (χ4v) is 4.64. The average molecular weight is 417 g/mol. The summed E-state index contributed by atoms with van der Waals surface area (Å²) < 4.78 is 0. The van der Waals surface area contributed by atoms with Gasteiger partial charge in [-0.15, -0.1) is 0 Å². The number of piperazine rings is 1. The van der Waals surface area contributed by atoms with Gasteiger partial charge in [-0.25, -0.2) is 0 Å². The van der Waals surface area contributed by atoms with Crippen molar-refractivity contribution in [2.75, 3.05) is 32.7 Å². The van der Waals surface area contributed by atoms with Crippen LogP contribution in [0.3, 0.4) is 0 Å². The van der Waals surface area contributed by atoms with Crippen LogP contribution in [0, 0.1) is 11.3 Å². The lowest BCUT2D eigenvalue weighted by molar-refractivity contribution is -0.123. The zero-order valence-electron chi connectivity index (χ0n) is 18.4. The lowest BCUT2D eigenvalue weighted by Crippen LogP contribution is -2.49. The summed E-state index contributed by atoms with van der Waals surface area (Å²) in [7, 11) is 0. The highest BCUT2D eigenvalue weighted by molar-refractivity contribution is 5.78. The Labute approximate surface area is 185 Å². The number of benzene rings is 2. The highest BCUT2D eigenvalue weighted by Gasteiger charge is 2.20. The standard InChI is InChI=1S/C26H32N4O/c1-20(24-11-10-23-4-2-3-5-25(23)16-24)28-26(31)19-30-14-12-29(13-15-30)18-22-8-6-21(17-27)7-9-22/h6-11,16,20H,2-5,12-15,18-19H2,1H3,(H,28,31). The van der Waals surface area contributed by atoms with Crippen molar-refractivity contribution in [3.63, 3.8) is 0 Å². The van der Waals surface area contributed by atoms with Gasteiger partial charge in [0.2, 0.25) is 5.91 Å². The van der Waals surface area contributed by atoms with Crippen molar-refractivity contribution in [2.24, 2.45) is 0 Å². The fourth-order valence-electron chi connectivity index (χ4n) is 4.64. The van der Waals surface area contributed by atoms with Crippen molar-refractivity contribution in [1.82, 2.24) is 15.1 Å². The van der Waals surface area contributed by atoms with Crippen LogP contribution in [0.2, 0.25) is 0 Å². The molecular weight excluding hydrogens is 384 g/mol. The Balaban J connectivity index is 1.22. The summed E-state index contributed by atoms with van der Waals surface area (Å²) in [5.41, 5.74) is 6.07. The number of fused-ring (bicyclic) bond motifs is 1. The van der Waals surface area contributed by atoms with Crippen molar-refractivity contribution < 1.29 is 4.79 Å². The number of aryl methyl sites for hydroxylation is 2. The fraction of sp³-hybridized carbons (Fsp3) is 0.462. The summed E-state index contributed by atoms with van der Waals surface area (Å²) in [6.07, 6.45) is 4.91. The minimum Gasteiger partial charge on any atom is -0.348 e. The number of carbonyl (C=O) groups excluding carboxylic acids is 1. The second-order valence-corrected chi connectivity index (χ2v) is 8.89. The molecule has 5 heteroatoms. The van der Waals surface area contributed by atoms with Crippen molar-refractivity contribution in [3.05, 3.63) is 70.3 Å². The summed E-state index contributed by atoms with van der Waals surface area (Å²) in [4.78, 5) is 17.3. The van der Waals surface area contributed by atoms with Gasteiger partial charge >= 0.3 is 0 Å². The molecule has 31 heavy (non-hydrogen) atoms. The predicted octanol–water partition coefficient (Wildman–Crippen LogP) is 3.43. The van der Waals surface area contributed by atoms with E-state index in [-0.39, 0.29) is 11.9 Å². The number of amides is 1. The molecule has 0 radical (unpaired) electrons. The van der Waals surface area contributed by atoms with E-state index in [1.807, 2.05) is 24.3 Å². The number of rotatable bonds is 6. The van der Waals surface area contributed by atoms with E-state index in [4.69, 9.17) is 5.26 Å². The van der Waals surface area contributed by atoms with E-state index in [0.717, 1.165) is 39.1 Å². The van der Waals surface area contributed by atoms with E-state index < -0.39 is 0 Å². The van der Waals surface area contributed by atoms with Crippen molar-refractivity contribution in [3.8, 4) is 6.07 Å². The molecule has 0 aromatic heterocycles. The average Bonchev–Trinajstić information content (AvgIpc) is 2.80. The maximum absolute atomic E-state index is 12.6. The van der Waals surface area contributed by atoms with Gasteiger partial charge in [0.25, 0.3) is 0 Å². The molecule has 1 saturated heterocycles. The molecule has 1 N–H and O–H groups in total. The molecule has 1 fully saturated rings. The lowest BCUT2D eigenvalue weighted by Gasteiger charge is -2.34. The Hall–Kier alpha value is -2.68. The Kier molecular flexibility index (Phi) is 7.01. The quantitative estimate of drug-likeness (QED) is 0.784. The zero-order valence-corrected chi connectivity index (χ0v) is 18.4. The molecule has 0 saturated carbocycles. The van der Waals surface area contributed by atoms with E-state index in [1.165, 1.54) is 41.5 Å². The third-order valence-corrected chi connectivity index (χ3v) is 6.57. The molecule has 1 aliphatic heterocycles. The molecule has 5 nitrogen and oxygen atoms in total. The van der Waals surface area contributed by atoms with Gasteiger partial charge in [0, 0.05) is 32.7 Å². The van der Waals surface area contributed by atoms with E-state index in [1.54, 1.807) is 0 Å². The summed E-state index contributed by atoms with van der Waals surface area (Å²) in [6.45, 7) is 7.13. The summed E-state index contributed by atoms with van der Waals surface area (Å²) in [5, 5.41) is 12.1. The summed E-state index contributed by atoms with van der Waals surface area (Å²) in [6, 6.07) is 16.7. The number of nitriles is 1. The molecule has 162 valence electrons. The number of nitrogens with one attached hydrogen (secondary N) is 1. The smallest absolute Gasteiger partial charge is 0.234 e. The molecular formula is C26H32N4O. The van der Waals surface area contributed by atoms with Crippen LogP contribution in [0.5, 0.6) is 0 Å². The Morgan fingerprint density at radius 3 is 2.39 bits per heavy atom. The third kappa shape index (κ3) is 5.72. The number of carbonyl (C=O) groups is 1. The van der Waals surface area contributed by atoms with Crippen LogP contribution >= 0.6 is 0 Å². The van der Waals surface area contributed by atoms with Gasteiger partial charge in [-0.1, -0.05) is 30.3 Å². The molecule has 2 aromatic carbocycles. The van der Waals surface area contributed by atoms with E-state index in [9.17, 15) is 4.79 Å². The van der Waals surface area contributed by atoms with Crippen molar-refractivity contribution >= 4 is 5.91 Å². The van der Waals surface area contributed by atoms with Gasteiger partial charge in [0.15, 0.2) is 0 Å². The molecule has 0 spiro atoms. The van der Waals surface area contributed by atoms with E-state index in [0.29, 0.717) is 12.1 Å². The zero-order chi connectivity index (χ0) is 21.6. The first-order valence-electron chi connectivity index (χ1n) is 11.5. The Bertz CT molecular complexity index is 939. The van der Waals surface area contributed by atoms with Crippen LogP contribution in [-0.4, -0.2) is 48.4 Å². The highest BCUT2D eigenvalue weighted by atomic mass is 16.2. The van der Waals surface area contributed by atoms with Gasteiger partial charge < -0.3 is 5.32 Å². The predicted molar refractivity (Wildman–Crippen MR) is 123 cm³/mol. The molecule has 2 aliphatic rings. The second kappa shape index (κ2) is 10.1. The van der Waals surface area contributed by atoms with Crippen LogP contribution in [0.4, 0.5) is 0 Å². The van der Waals surface area contributed by atoms with Crippen LogP contribution in [0.15, 0.2) is 42.5 Å². The van der Waals surface area contributed by atoms with Crippen LogP contribution in [-0.2, 0) is 24.2 Å². The minimum atomic E-state index is 0.0393. The topological polar surface area (TPSA) is 59.4 Å². The third-order valence-electron chi connectivity index (χ3n) is 6.57. The highest BCUT2D eigenvalue weighted by Crippen LogP contribution is 2.24. The van der Waals surface area contributed by atoms with Crippen LogP contribution in [0.25, 0.3) is 0 Å². The Morgan fingerprint density at radius 1 is 1.00 bits per heavy atom. The van der Waals surface area contributed by atoms with Gasteiger partial charge in [0.05, 0.1) is 24.2 Å². The van der Waals surface area contributed by atoms with Crippen molar-refractivity contribution in [1.29, 1.82) is 5.26 Å². The molecule has 4 rings (SSSR count). The lowest BCUT2D eigenvalue weighted by atomic mass is 9.89. The van der Waals surface area contributed by atoms with E-state index in [2.05, 4.69) is 46.3 Å². The molecule has 0 bridgehead atoms. The first kappa shape index (κ1) is 21.5. The van der Waals surface area contributed by atoms with Crippen LogP contribution in [0.1, 0.15) is 53.6 Å². The second-order valence-electron chi connectivity index (χ2n) is 8.89. The molecule has 1 aliphatic carbocycles. The number of nitrogens with zero attached hydrogens (tertiary/aromatic N) is 3. The SMILES string of the molecule is CC(NC(=O)CN1CCN(Cc2ccc(C#N)cc2)CC1)c1ccc2c(c1)CCCC2. The number of hydrogen-bond donors (Lipinski definition) is 1. The molecule has 2 aromatic rings. The first-order valence-corrected chi connectivity index (χ1v) is 11.5. The first-order chi connectivity index (χ1) is 15.1. The molecule has 1 amide bonds. The van der Waals surface area contributed by atoms with Gasteiger partial charge in [-0.05, 0) is 67.0 Å².